The van der Waals surface area contributed by atoms with Gasteiger partial charge in [-0.05, 0) is 25.2 Å². The third-order valence-electron chi connectivity index (χ3n) is 4.56. The van der Waals surface area contributed by atoms with Crippen LogP contribution < -0.4 is 16.7 Å². The Labute approximate surface area is 133 Å². The van der Waals surface area contributed by atoms with Gasteiger partial charge in [-0.25, -0.2) is 4.79 Å². The maximum atomic E-state index is 12.3. The molecule has 6 heteroatoms. The summed E-state index contributed by atoms with van der Waals surface area (Å²) < 4.78 is 1.95. The van der Waals surface area contributed by atoms with Crippen molar-refractivity contribution in [2.75, 3.05) is 0 Å². The predicted octanol–water partition coefficient (Wildman–Crippen LogP) is 1.91. The van der Waals surface area contributed by atoms with E-state index in [2.05, 4.69) is 16.9 Å². The first kappa shape index (κ1) is 15.8. The van der Waals surface area contributed by atoms with Crippen LogP contribution in [0.1, 0.15) is 51.1 Å². The van der Waals surface area contributed by atoms with Gasteiger partial charge in [-0.2, -0.15) is 0 Å². The molecule has 2 aromatic heterocycles. The molecule has 0 unspecified atom stereocenters. The molecule has 0 spiro atoms. The van der Waals surface area contributed by atoms with Crippen molar-refractivity contribution < 1.29 is 0 Å². The van der Waals surface area contributed by atoms with Gasteiger partial charge in [0.2, 0.25) is 0 Å². The van der Waals surface area contributed by atoms with E-state index in [-0.39, 0.29) is 10.8 Å². The smallest absolute Gasteiger partial charge is 0.327 e. The van der Waals surface area contributed by atoms with Gasteiger partial charge in [0.25, 0.3) is 5.56 Å². The maximum Gasteiger partial charge on any atom is 0.327 e. The van der Waals surface area contributed by atoms with Crippen LogP contribution in [0, 0.1) is 5.92 Å². The van der Waals surface area contributed by atoms with Crippen LogP contribution in [0.3, 0.4) is 0 Å². The van der Waals surface area contributed by atoms with Crippen molar-refractivity contribution in [2.24, 2.45) is 5.92 Å². The summed E-state index contributed by atoms with van der Waals surface area (Å²) in [6, 6.07) is 1.57. The molecule has 1 fully saturated rings. The highest BCUT2D eigenvalue weighted by Gasteiger charge is 2.21. The molecule has 2 aromatic rings. The Morgan fingerprint density at radius 1 is 1.17 bits per heavy atom. The summed E-state index contributed by atoms with van der Waals surface area (Å²) in [4.78, 5) is 40.7. The molecule has 0 saturated heterocycles. The van der Waals surface area contributed by atoms with Gasteiger partial charge < -0.3 is 4.57 Å². The van der Waals surface area contributed by atoms with E-state index in [1.807, 2.05) is 4.57 Å². The van der Waals surface area contributed by atoms with Crippen molar-refractivity contribution in [2.45, 2.75) is 58.4 Å². The molecule has 0 radical (unpaired) electrons. The molecule has 0 amide bonds. The lowest BCUT2D eigenvalue weighted by Gasteiger charge is -2.16. The monoisotopic (exact) mass is 317 g/mol. The van der Waals surface area contributed by atoms with E-state index >= 15 is 0 Å². The molecule has 0 atom stereocenters. The third kappa shape index (κ3) is 3.46. The zero-order chi connectivity index (χ0) is 16.4. The first-order valence-electron chi connectivity index (χ1n) is 8.49. The number of pyridine rings is 1. The second kappa shape index (κ2) is 6.56. The lowest BCUT2D eigenvalue weighted by molar-refractivity contribution is 0.588. The summed E-state index contributed by atoms with van der Waals surface area (Å²) in [5, 5.41) is 0.0478. The molecular weight excluding hydrogens is 294 g/mol. The number of unbranched alkanes of at least 4 members (excludes halogenated alkanes) is 1. The number of aryl methyl sites for hydroxylation is 2. The number of aromatic nitrogens is 3. The summed E-state index contributed by atoms with van der Waals surface area (Å²) >= 11 is 0. The van der Waals surface area contributed by atoms with Gasteiger partial charge in [0.15, 0.2) is 5.43 Å². The summed E-state index contributed by atoms with van der Waals surface area (Å²) in [6.07, 6.45) is 7.61. The normalized spacial score (nSPS) is 14.5. The molecule has 1 aliphatic rings. The first-order valence-corrected chi connectivity index (χ1v) is 8.49. The molecule has 0 aromatic carbocycles. The van der Waals surface area contributed by atoms with E-state index in [0.29, 0.717) is 12.2 Å². The van der Waals surface area contributed by atoms with Crippen LogP contribution in [0.5, 0.6) is 0 Å². The van der Waals surface area contributed by atoms with E-state index in [1.165, 1.54) is 19.3 Å². The zero-order valence-electron chi connectivity index (χ0n) is 13.5. The van der Waals surface area contributed by atoms with E-state index in [0.717, 1.165) is 37.3 Å². The Hall–Kier alpha value is -2.11. The van der Waals surface area contributed by atoms with Crippen LogP contribution in [0.25, 0.3) is 11.0 Å². The van der Waals surface area contributed by atoms with Crippen LogP contribution in [0.2, 0.25) is 0 Å². The van der Waals surface area contributed by atoms with Crippen molar-refractivity contribution in [1.29, 1.82) is 0 Å². The number of hydrogen-bond donors (Lipinski definition) is 2. The molecule has 6 nitrogen and oxygen atoms in total. The van der Waals surface area contributed by atoms with E-state index in [1.54, 1.807) is 6.07 Å². The number of fused-ring (bicyclic) bond motifs is 1. The van der Waals surface area contributed by atoms with Gasteiger partial charge in [-0.1, -0.05) is 32.6 Å². The van der Waals surface area contributed by atoms with Crippen molar-refractivity contribution in [1.82, 2.24) is 14.5 Å². The van der Waals surface area contributed by atoms with Crippen LogP contribution in [-0.2, 0) is 13.0 Å². The average molecular weight is 317 g/mol. The number of nitrogens with one attached hydrogen (secondary N) is 2. The molecule has 0 bridgehead atoms. The first-order chi connectivity index (χ1) is 11.1. The van der Waals surface area contributed by atoms with Crippen LogP contribution in [0.15, 0.2) is 20.4 Å². The molecule has 2 N–H and O–H groups in total. The highest BCUT2D eigenvalue weighted by molar-refractivity contribution is 5.73. The highest BCUT2D eigenvalue weighted by atomic mass is 16.2. The van der Waals surface area contributed by atoms with Gasteiger partial charge in [-0.15, -0.1) is 0 Å². The lowest BCUT2D eigenvalue weighted by Crippen LogP contribution is -2.29. The Balaban J connectivity index is 2.07. The largest absolute Gasteiger partial charge is 0.331 e. The quantitative estimate of drug-likeness (QED) is 0.817. The Morgan fingerprint density at radius 3 is 2.65 bits per heavy atom. The van der Waals surface area contributed by atoms with Crippen molar-refractivity contribution in [3.05, 3.63) is 42.8 Å². The SMILES string of the molecule is CCCCn1c(CCCC2CC2)cc(=O)c2c(=O)[nH]c(=O)[nH]c21. The standard InChI is InChI=1S/C17H23N3O3/c1-2-3-9-20-12(6-4-5-11-7-8-11)10-13(21)14-15(20)18-17(23)19-16(14)22/h10-11H,2-9H2,1H3,(H2,18,19,22,23). The predicted molar refractivity (Wildman–Crippen MR) is 90.0 cm³/mol. The minimum Gasteiger partial charge on any atom is -0.331 e. The number of hydrogen-bond acceptors (Lipinski definition) is 3. The highest BCUT2D eigenvalue weighted by Crippen LogP contribution is 2.33. The third-order valence-corrected chi connectivity index (χ3v) is 4.56. The van der Waals surface area contributed by atoms with Gasteiger partial charge in [0.1, 0.15) is 11.0 Å². The Bertz CT molecular complexity index is 871. The maximum absolute atomic E-state index is 12.3. The van der Waals surface area contributed by atoms with Gasteiger partial charge in [-0.3, -0.25) is 19.6 Å². The Kier molecular flexibility index (Phi) is 4.50. The fourth-order valence-electron chi connectivity index (χ4n) is 3.11. The Morgan fingerprint density at radius 2 is 1.96 bits per heavy atom. The summed E-state index contributed by atoms with van der Waals surface area (Å²) in [5.74, 6) is 0.855. The van der Waals surface area contributed by atoms with Crippen LogP contribution >= 0.6 is 0 Å². The molecule has 23 heavy (non-hydrogen) atoms. The van der Waals surface area contributed by atoms with Crippen molar-refractivity contribution in [3.8, 4) is 0 Å². The lowest BCUT2D eigenvalue weighted by atomic mass is 10.1. The molecular formula is C17H23N3O3. The fraction of sp³-hybridized carbons (Fsp3) is 0.588. The summed E-state index contributed by atoms with van der Waals surface area (Å²) in [7, 11) is 0. The minimum absolute atomic E-state index is 0.0478. The van der Waals surface area contributed by atoms with Gasteiger partial charge >= 0.3 is 5.69 Å². The van der Waals surface area contributed by atoms with Crippen molar-refractivity contribution in [3.63, 3.8) is 0 Å². The summed E-state index contributed by atoms with van der Waals surface area (Å²) in [5.41, 5.74) is -0.212. The van der Waals surface area contributed by atoms with Crippen LogP contribution in [-0.4, -0.2) is 14.5 Å². The molecule has 0 aliphatic heterocycles. The van der Waals surface area contributed by atoms with Crippen molar-refractivity contribution >= 4 is 11.0 Å². The van der Waals surface area contributed by atoms with E-state index in [4.69, 9.17) is 0 Å². The number of H-pyrrole nitrogens is 2. The number of nitrogens with zero attached hydrogens (tertiary/aromatic N) is 1. The molecule has 3 rings (SSSR count). The second-order valence-electron chi connectivity index (χ2n) is 6.47. The molecule has 1 saturated carbocycles. The second-order valence-corrected chi connectivity index (χ2v) is 6.47. The molecule has 1 aliphatic carbocycles. The topological polar surface area (TPSA) is 87.7 Å². The minimum atomic E-state index is -0.608. The van der Waals surface area contributed by atoms with Crippen LogP contribution in [0.4, 0.5) is 0 Å². The van der Waals surface area contributed by atoms with E-state index < -0.39 is 11.2 Å². The van der Waals surface area contributed by atoms with E-state index in [9.17, 15) is 14.4 Å². The average Bonchev–Trinajstić information content (AvgIpc) is 3.30. The number of aromatic amines is 2. The van der Waals surface area contributed by atoms with Gasteiger partial charge in [0.05, 0.1) is 0 Å². The fourth-order valence-corrected chi connectivity index (χ4v) is 3.11. The number of rotatable bonds is 7. The van der Waals surface area contributed by atoms with Gasteiger partial charge in [0, 0.05) is 18.3 Å². The molecule has 2 heterocycles. The summed E-state index contributed by atoms with van der Waals surface area (Å²) in [6.45, 7) is 2.79. The molecule has 124 valence electrons. The zero-order valence-corrected chi connectivity index (χ0v) is 13.5.